The van der Waals surface area contributed by atoms with Gasteiger partial charge in [0.2, 0.25) is 0 Å². The molecule has 13 heavy (non-hydrogen) atoms. The number of ketones is 1. The maximum atomic E-state index is 10.8. The van der Waals surface area contributed by atoms with E-state index in [2.05, 4.69) is 0 Å². The van der Waals surface area contributed by atoms with E-state index in [1.165, 1.54) is 6.92 Å². The molecular formula is C9H13NO3. The first kappa shape index (κ1) is 11.6. The normalized spacial score (nSPS) is 14.2. The Balaban J connectivity index is 4.19. The topological polar surface area (TPSA) is 78.2 Å². The summed E-state index contributed by atoms with van der Waals surface area (Å²) in [6.45, 7) is 3.10. The van der Waals surface area contributed by atoms with Crippen LogP contribution in [0.1, 0.15) is 26.7 Å². The van der Waals surface area contributed by atoms with Gasteiger partial charge in [-0.05, 0) is 13.3 Å². The van der Waals surface area contributed by atoms with Crippen molar-refractivity contribution in [1.29, 1.82) is 5.26 Å². The average Bonchev–Trinajstić information content (AvgIpc) is 2.03. The molecule has 0 spiro atoms. The van der Waals surface area contributed by atoms with Crippen LogP contribution in [0.15, 0.2) is 0 Å². The van der Waals surface area contributed by atoms with Crippen LogP contribution < -0.4 is 0 Å². The van der Waals surface area contributed by atoms with Crippen LogP contribution in [-0.4, -0.2) is 16.9 Å². The van der Waals surface area contributed by atoms with Crippen molar-refractivity contribution < 1.29 is 14.7 Å². The molecule has 0 aliphatic carbocycles. The van der Waals surface area contributed by atoms with Crippen LogP contribution in [0.2, 0.25) is 0 Å². The van der Waals surface area contributed by atoms with Gasteiger partial charge in [0.15, 0.2) is 0 Å². The lowest BCUT2D eigenvalue weighted by Gasteiger charge is -2.12. The number of Topliss-reactive ketones (excluding diaryl/α,β-unsaturated/α-hetero) is 1. The molecule has 0 aliphatic rings. The lowest BCUT2D eigenvalue weighted by Crippen LogP contribution is -2.19. The quantitative estimate of drug-likeness (QED) is 0.695. The first-order chi connectivity index (χ1) is 5.99. The van der Waals surface area contributed by atoms with E-state index in [1.807, 2.05) is 0 Å². The highest BCUT2D eigenvalue weighted by Crippen LogP contribution is 2.16. The summed E-state index contributed by atoms with van der Waals surface area (Å²) in [5, 5.41) is 17.0. The Morgan fingerprint density at radius 1 is 1.54 bits per heavy atom. The van der Waals surface area contributed by atoms with Gasteiger partial charge in [0, 0.05) is 12.3 Å². The molecule has 0 radical (unpaired) electrons. The number of nitrogens with zero attached hydrogens (tertiary/aromatic N) is 1. The first-order valence-electron chi connectivity index (χ1n) is 4.09. The van der Waals surface area contributed by atoms with Crippen molar-refractivity contribution in [3.8, 4) is 6.07 Å². The molecule has 0 fully saturated rings. The van der Waals surface area contributed by atoms with Crippen LogP contribution in [0.3, 0.4) is 0 Å². The van der Waals surface area contributed by atoms with Gasteiger partial charge in [0.25, 0.3) is 0 Å². The van der Waals surface area contributed by atoms with E-state index in [0.29, 0.717) is 0 Å². The molecule has 72 valence electrons. The number of carboxylic acid groups (broad SMARTS) is 1. The van der Waals surface area contributed by atoms with Crippen LogP contribution in [0.5, 0.6) is 0 Å². The molecule has 0 saturated heterocycles. The van der Waals surface area contributed by atoms with Crippen molar-refractivity contribution in [2.24, 2.45) is 11.8 Å². The van der Waals surface area contributed by atoms with Gasteiger partial charge in [-0.15, -0.1) is 0 Å². The van der Waals surface area contributed by atoms with E-state index < -0.39 is 11.9 Å². The van der Waals surface area contributed by atoms with E-state index in [1.54, 1.807) is 13.0 Å². The van der Waals surface area contributed by atoms with Crippen molar-refractivity contribution in [1.82, 2.24) is 0 Å². The maximum absolute atomic E-state index is 10.8. The second-order valence-electron chi connectivity index (χ2n) is 3.14. The van der Waals surface area contributed by atoms with Crippen LogP contribution >= 0.6 is 0 Å². The van der Waals surface area contributed by atoms with Gasteiger partial charge in [-0.3, -0.25) is 9.59 Å². The number of carboxylic acids is 1. The van der Waals surface area contributed by atoms with Gasteiger partial charge >= 0.3 is 5.97 Å². The summed E-state index contributed by atoms with van der Waals surface area (Å²) in [5.41, 5.74) is 0. The van der Waals surface area contributed by atoms with E-state index in [-0.39, 0.29) is 24.5 Å². The summed E-state index contributed by atoms with van der Waals surface area (Å²) in [6, 6.07) is 1.80. The SMILES string of the molecule is CC(=O)C(C)CC(CC#N)C(=O)O. The fourth-order valence-electron chi connectivity index (χ4n) is 0.974. The molecule has 0 aliphatic heterocycles. The van der Waals surface area contributed by atoms with Crippen LogP contribution in [0.25, 0.3) is 0 Å². The number of carbonyl (C=O) groups is 2. The summed E-state index contributed by atoms with van der Waals surface area (Å²) in [7, 11) is 0. The predicted octanol–water partition coefficient (Wildman–Crippen LogP) is 1.22. The molecule has 0 bridgehead atoms. The minimum atomic E-state index is -1.00. The molecule has 0 saturated carbocycles. The summed E-state index contributed by atoms with van der Waals surface area (Å²) in [5.74, 6) is -2.04. The molecule has 2 atom stereocenters. The average molecular weight is 183 g/mol. The number of carbonyl (C=O) groups excluding carboxylic acids is 1. The second-order valence-corrected chi connectivity index (χ2v) is 3.14. The van der Waals surface area contributed by atoms with Crippen LogP contribution in [-0.2, 0) is 9.59 Å². The largest absolute Gasteiger partial charge is 0.481 e. The molecule has 2 unspecified atom stereocenters. The molecule has 4 nitrogen and oxygen atoms in total. The van der Waals surface area contributed by atoms with Crippen molar-refractivity contribution in [3.05, 3.63) is 0 Å². The Kier molecular flexibility index (Phi) is 4.75. The maximum Gasteiger partial charge on any atom is 0.307 e. The Morgan fingerprint density at radius 2 is 2.08 bits per heavy atom. The smallest absolute Gasteiger partial charge is 0.307 e. The first-order valence-corrected chi connectivity index (χ1v) is 4.09. The zero-order chi connectivity index (χ0) is 10.4. The number of nitriles is 1. The standard InChI is InChI=1S/C9H13NO3/c1-6(7(2)11)5-8(3-4-10)9(12)13/h6,8H,3,5H2,1-2H3,(H,12,13). The Bertz CT molecular complexity index is 242. The minimum Gasteiger partial charge on any atom is -0.481 e. The number of hydrogen-bond donors (Lipinski definition) is 1. The van der Waals surface area contributed by atoms with E-state index in [4.69, 9.17) is 10.4 Å². The van der Waals surface area contributed by atoms with Gasteiger partial charge < -0.3 is 5.11 Å². The zero-order valence-corrected chi connectivity index (χ0v) is 7.78. The van der Waals surface area contributed by atoms with Crippen molar-refractivity contribution in [2.75, 3.05) is 0 Å². The number of aliphatic carboxylic acids is 1. The van der Waals surface area contributed by atoms with Crippen LogP contribution in [0, 0.1) is 23.2 Å². The molecule has 0 rings (SSSR count). The molecule has 0 aromatic carbocycles. The van der Waals surface area contributed by atoms with Crippen molar-refractivity contribution in [2.45, 2.75) is 26.7 Å². The third kappa shape index (κ3) is 4.26. The fraction of sp³-hybridized carbons (Fsp3) is 0.667. The van der Waals surface area contributed by atoms with Crippen molar-refractivity contribution >= 4 is 11.8 Å². The second kappa shape index (κ2) is 5.31. The lowest BCUT2D eigenvalue weighted by atomic mass is 9.91. The third-order valence-electron chi connectivity index (χ3n) is 2.02. The monoisotopic (exact) mass is 183 g/mol. The van der Waals surface area contributed by atoms with E-state index in [0.717, 1.165) is 0 Å². The van der Waals surface area contributed by atoms with Gasteiger partial charge in [0.1, 0.15) is 5.78 Å². The summed E-state index contributed by atoms with van der Waals surface area (Å²) in [4.78, 5) is 21.4. The highest BCUT2D eigenvalue weighted by atomic mass is 16.4. The van der Waals surface area contributed by atoms with Gasteiger partial charge in [-0.25, -0.2) is 0 Å². The molecule has 1 N–H and O–H groups in total. The molecule has 0 aromatic heterocycles. The number of rotatable bonds is 5. The van der Waals surface area contributed by atoms with Gasteiger partial charge in [0.05, 0.1) is 12.0 Å². The minimum absolute atomic E-state index is 0.0348. The Hall–Kier alpha value is -1.37. The fourth-order valence-corrected chi connectivity index (χ4v) is 0.974. The third-order valence-corrected chi connectivity index (χ3v) is 2.02. The Morgan fingerprint density at radius 3 is 2.38 bits per heavy atom. The van der Waals surface area contributed by atoms with Gasteiger partial charge in [-0.1, -0.05) is 6.92 Å². The molecule has 0 heterocycles. The molecule has 4 heteroatoms. The highest BCUT2D eigenvalue weighted by molar-refractivity contribution is 5.79. The Labute approximate surface area is 77.2 Å². The molecule has 0 amide bonds. The van der Waals surface area contributed by atoms with Crippen LogP contribution in [0.4, 0.5) is 0 Å². The molecule has 0 aromatic rings. The zero-order valence-electron chi connectivity index (χ0n) is 7.78. The van der Waals surface area contributed by atoms with E-state index >= 15 is 0 Å². The summed E-state index contributed by atoms with van der Waals surface area (Å²) in [6.07, 6.45) is 0.213. The molecular weight excluding hydrogens is 170 g/mol. The highest BCUT2D eigenvalue weighted by Gasteiger charge is 2.21. The van der Waals surface area contributed by atoms with Gasteiger partial charge in [-0.2, -0.15) is 5.26 Å². The summed E-state index contributed by atoms with van der Waals surface area (Å²) >= 11 is 0. The summed E-state index contributed by atoms with van der Waals surface area (Å²) < 4.78 is 0. The number of hydrogen-bond acceptors (Lipinski definition) is 3. The van der Waals surface area contributed by atoms with E-state index in [9.17, 15) is 9.59 Å². The van der Waals surface area contributed by atoms with Crippen molar-refractivity contribution in [3.63, 3.8) is 0 Å². The predicted molar refractivity (Wildman–Crippen MR) is 45.8 cm³/mol. The lowest BCUT2D eigenvalue weighted by molar-refractivity contribution is -0.142.